The van der Waals surface area contributed by atoms with Crippen LogP contribution in [0.5, 0.6) is 5.75 Å². The Bertz CT molecular complexity index is 264. The highest BCUT2D eigenvalue weighted by Gasteiger charge is 1.98. The third kappa shape index (κ3) is 4.15. The summed E-state index contributed by atoms with van der Waals surface area (Å²) < 4.78 is 0. The molecule has 0 aliphatic carbocycles. The summed E-state index contributed by atoms with van der Waals surface area (Å²) in [4.78, 5) is 10.2. The molecule has 2 N–H and O–H groups in total. The predicted molar refractivity (Wildman–Crippen MR) is 50.8 cm³/mol. The lowest BCUT2D eigenvalue weighted by atomic mass is 10.1. The SMILES string of the molecule is C.O=C(O)CCc1ccc(O)cc1. The molecule has 1 rings (SSSR count). The number of carboxylic acid groups (broad SMARTS) is 1. The van der Waals surface area contributed by atoms with E-state index in [1.54, 1.807) is 24.3 Å². The summed E-state index contributed by atoms with van der Waals surface area (Å²) in [6, 6.07) is 6.55. The largest absolute Gasteiger partial charge is 0.508 e. The molecule has 0 spiro atoms. The Labute approximate surface area is 77.6 Å². The highest BCUT2D eigenvalue weighted by Crippen LogP contribution is 2.10. The van der Waals surface area contributed by atoms with Gasteiger partial charge >= 0.3 is 5.97 Å². The first kappa shape index (κ1) is 11.5. The number of aromatic hydroxyl groups is 1. The number of aliphatic carboxylic acids is 1. The van der Waals surface area contributed by atoms with Crippen molar-refractivity contribution in [2.45, 2.75) is 20.3 Å². The third-order valence-electron chi connectivity index (χ3n) is 1.56. The molecule has 0 saturated heterocycles. The fourth-order valence-electron chi connectivity index (χ4n) is 0.914. The Morgan fingerprint density at radius 3 is 2.23 bits per heavy atom. The van der Waals surface area contributed by atoms with Gasteiger partial charge in [-0.2, -0.15) is 0 Å². The monoisotopic (exact) mass is 182 g/mol. The van der Waals surface area contributed by atoms with Gasteiger partial charge in [0.1, 0.15) is 5.75 Å². The summed E-state index contributed by atoms with van der Waals surface area (Å²) in [6.45, 7) is 0. The van der Waals surface area contributed by atoms with Crippen LogP contribution in [0, 0.1) is 0 Å². The number of benzene rings is 1. The quantitative estimate of drug-likeness (QED) is 0.752. The number of rotatable bonds is 3. The van der Waals surface area contributed by atoms with Gasteiger partial charge in [0.15, 0.2) is 0 Å². The zero-order chi connectivity index (χ0) is 8.97. The highest BCUT2D eigenvalue weighted by atomic mass is 16.4. The Morgan fingerprint density at radius 1 is 1.23 bits per heavy atom. The van der Waals surface area contributed by atoms with Gasteiger partial charge in [0, 0.05) is 6.42 Å². The predicted octanol–water partition coefficient (Wildman–Crippen LogP) is 2.05. The van der Waals surface area contributed by atoms with E-state index < -0.39 is 5.97 Å². The molecule has 0 heterocycles. The van der Waals surface area contributed by atoms with Gasteiger partial charge in [-0.3, -0.25) is 4.79 Å². The van der Waals surface area contributed by atoms with E-state index >= 15 is 0 Å². The molecule has 0 unspecified atom stereocenters. The number of phenols is 1. The molecule has 0 atom stereocenters. The summed E-state index contributed by atoms with van der Waals surface area (Å²) in [7, 11) is 0. The van der Waals surface area contributed by atoms with Crippen LogP contribution in [0.4, 0.5) is 0 Å². The van der Waals surface area contributed by atoms with E-state index in [0.717, 1.165) is 5.56 Å². The molecule has 1 aromatic rings. The smallest absolute Gasteiger partial charge is 0.303 e. The molecular weight excluding hydrogens is 168 g/mol. The minimum atomic E-state index is -0.803. The van der Waals surface area contributed by atoms with E-state index in [1.807, 2.05) is 0 Å². The van der Waals surface area contributed by atoms with Crippen LogP contribution in [-0.4, -0.2) is 16.2 Å². The van der Waals surface area contributed by atoms with Crippen LogP contribution in [0.2, 0.25) is 0 Å². The fraction of sp³-hybridized carbons (Fsp3) is 0.300. The first-order chi connectivity index (χ1) is 5.68. The molecule has 0 fully saturated rings. The molecule has 0 aliphatic rings. The molecule has 0 amide bonds. The van der Waals surface area contributed by atoms with Crippen molar-refractivity contribution < 1.29 is 15.0 Å². The second-order valence-electron chi connectivity index (χ2n) is 2.56. The number of carboxylic acids is 1. The van der Waals surface area contributed by atoms with E-state index in [-0.39, 0.29) is 19.6 Å². The lowest BCUT2D eigenvalue weighted by molar-refractivity contribution is -0.136. The number of aryl methyl sites for hydroxylation is 1. The number of hydrogen-bond acceptors (Lipinski definition) is 2. The Hall–Kier alpha value is -1.51. The molecule has 0 aromatic heterocycles. The Balaban J connectivity index is 0.00000144. The molecule has 72 valence electrons. The van der Waals surface area contributed by atoms with Crippen LogP contribution in [-0.2, 0) is 11.2 Å². The van der Waals surface area contributed by atoms with Crippen LogP contribution in [0.1, 0.15) is 19.4 Å². The van der Waals surface area contributed by atoms with Gasteiger partial charge in [0.05, 0.1) is 0 Å². The molecular formula is C10H14O3. The third-order valence-corrected chi connectivity index (χ3v) is 1.56. The summed E-state index contributed by atoms with van der Waals surface area (Å²) in [5, 5.41) is 17.3. The van der Waals surface area contributed by atoms with E-state index in [1.165, 1.54) is 0 Å². The van der Waals surface area contributed by atoms with Gasteiger partial charge in [-0.05, 0) is 24.1 Å². The molecule has 0 radical (unpaired) electrons. The summed E-state index contributed by atoms with van der Waals surface area (Å²) in [5.74, 6) is -0.600. The number of carbonyl (C=O) groups is 1. The van der Waals surface area contributed by atoms with Gasteiger partial charge in [-0.1, -0.05) is 19.6 Å². The van der Waals surface area contributed by atoms with Crippen molar-refractivity contribution in [1.82, 2.24) is 0 Å². The lowest BCUT2D eigenvalue weighted by Crippen LogP contribution is -1.96. The molecule has 0 saturated carbocycles. The Kier molecular flexibility index (Phi) is 4.59. The Morgan fingerprint density at radius 2 is 1.77 bits per heavy atom. The minimum Gasteiger partial charge on any atom is -0.508 e. The van der Waals surface area contributed by atoms with E-state index in [2.05, 4.69) is 0 Å². The van der Waals surface area contributed by atoms with Crippen LogP contribution in [0.25, 0.3) is 0 Å². The van der Waals surface area contributed by atoms with E-state index in [9.17, 15) is 4.79 Å². The van der Waals surface area contributed by atoms with Gasteiger partial charge in [-0.15, -0.1) is 0 Å². The maximum Gasteiger partial charge on any atom is 0.303 e. The topological polar surface area (TPSA) is 57.5 Å². The van der Waals surface area contributed by atoms with Crippen molar-refractivity contribution in [1.29, 1.82) is 0 Å². The van der Waals surface area contributed by atoms with Crippen molar-refractivity contribution in [2.75, 3.05) is 0 Å². The normalized spacial score (nSPS) is 8.92. The number of hydrogen-bond donors (Lipinski definition) is 2. The van der Waals surface area contributed by atoms with E-state index in [0.29, 0.717) is 6.42 Å². The maximum absolute atomic E-state index is 10.2. The minimum absolute atomic E-state index is 0. The number of phenolic OH excluding ortho intramolecular Hbond substituents is 1. The van der Waals surface area contributed by atoms with Crippen LogP contribution in [0.3, 0.4) is 0 Å². The zero-order valence-electron chi connectivity index (χ0n) is 6.53. The van der Waals surface area contributed by atoms with Crippen molar-refractivity contribution in [3.63, 3.8) is 0 Å². The molecule has 0 bridgehead atoms. The first-order valence-electron chi connectivity index (χ1n) is 3.68. The van der Waals surface area contributed by atoms with Crippen molar-refractivity contribution in [3.05, 3.63) is 29.8 Å². The fourth-order valence-corrected chi connectivity index (χ4v) is 0.914. The molecule has 0 aliphatic heterocycles. The van der Waals surface area contributed by atoms with Gasteiger partial charge in [-0.25, -0.2) is 0 Å². The summed E-state index contributed by atoms with van der Waals surface area (Å²) in [5.41, 5.74) is 0.926. The molecule has 1 aromatic carbocycles. The second kappa shape index (κ2) is 5.19. The average Bonchev–Trinajstić information content (AvgIpc) is 2.03. The molecule has 3 nitrogen and oxygen atoms in total. The summed E-state index contributed by atoms with van der Waals surface area (Å²) >= 11 is 0. The second-order valence-corrected chi connectivity index (χ2v) is 2.56. The van der Waals surface area contributed by atoms with Crippen molar-refractivity contribution in [2.24, 2.45) is 0 Å². The first-order valence-corrected chi connectivity index (χ1v) is 3.68. The zero-order valence-corrected chi connectivity index (χ0v) is 6.53. The lowest BCUT2D eigenvalue weighted by Gasteiger charge is -1.97. The van der Waals surface area contributed by atoms with E-state index in [4.69, 9.17) is 10.2 Å². The highest BCUT2D eigenvalue weighted by molar-refractivity contribution is 5.67. The maximum atomic E-state index is 10.2. The van der Waals surface area contributed by atoms with Crippen LogP contribution >= 0.6 is 0 Å². The molecule has 13 heavy (non-hydrogen) atoms. The van der Waals surface area contributed by atoms with Crippen LogP contribution < -0.4 is 0 Å². The van der Waals surface area contributed by atoms with Crippen molar-refractivity contribution >= 4 is 5.97 Å². The average molecular weight is 182 g/mol. The molecule has 3 heteroatoms. The van der Waals surface area contributed by atoms with Crippen LogP contribution in [0.15, 0.2) is 24.3 Å². The van der Waals surface area contributed by atoms with Gasteiger partial charge < -0.3 is 10.2 Å². The summed E-state index contributed by atoms with van der Waals surface area (Å²) in [6.07, 6.45) is 0.639. The van der Waals surface area contributed by atoms with Crippen molar-refractivity contribution in [3.8, 4) is 5.75 Å². The standard InChI is InChI=1S/C9H10O3.CH4/c10-8-4-1-7(2-5-8)3-6-9(11)12;/h1-2,4-5,10H,3,6H2,(H,11,12);1H4. The van der Waals surface area contributed by atoms with Gasteiger partial charge in [0.25, 0.3) is 0 Å². The van der Waals surface area contributed by atoms with Gasteiger partial charge in [0.2, 0.25) is 0 Å².